The van der Waals surface area contributed by atoms with Crippen LogP contribution in [0, 0.1) is 6.92 Å². The first-order valence-corrected chi connectivity index (χ1v) is 12.6. The summed E-state index contributed by atoms with van der Waals surface area (Å²) >= 11 is 6.31. The van der Waals surface area contributed by atoms with Gasteiger partial charge in [0.25, 0.3) is 0 Å². The number of carbonyl (C=O) groups excluding carboxylic acids is 3. The molecule has 0 bridgehead atoms. The van der Waals surface area contributed by atoms with Gasteiger partial charge in [0, 0.05) is 31.6 Å². The molecule has 1 aliphatic rings. The number of urea groups is 1. The van der Waals surface area contributed by atoms with Crippen LogP contribution in [0.4, 0.5) is 10.5 Å². The van der Waals surface area contributed by atoms with Crippen molar-refractivity contribution in [3.05, 3.63) is 51.1 Å². The second-order valence-electron chi connectivity index (χ2n) is 9.11. The van der Waals surface area contributed by atoms with E-state index in [0.717, 1.165) is 11.1 Å². The summed E-state index contributed by atoms with van der Waals surface area (Å²) in [5.74, 6) is 0.473. The van der Waals surface area contributed by atoms with E-state index in [1.165, 1.54) is 19.1 Å². The van der Waals surface area contributed by atoms with Crippen LogP contribution >= 0.6 is 11.6 Å². The highest BCUT2D eigenvalue weighted by molar-refractivity contribution is 6.34. The van der Waals surface area contributed by atoms with E-state index in [9.17, 15) is 14.4 Å². The molecule has 1 heterocycles. The molecule has 10 nitrogen and oxygen atoms in total. The summed E-state index contributed by atoms with van der Waals surface area (Å²) in [6.07, 6.45) is 2.78. The number of carbonyl (C=O) groups is 3. The van der Waals surface area contributed by atoms with Gasteiger partial charge < -0.3 is 33.9 Å². The van der Waals surface area contributed by atoms with Gasteiger partial charge in [0.2, 0.25) is 0 Å². The van der Waals surface area contributed by atoms with Gasteiger partial charge >= 0.3 is 18.0 Å². The second kappa shape index (κ2) is 12.8. The number of nitrogens with one attached hydrogen (secondary N) is 1. The number of amides is 2. The molecule has 11 heteroatoms. The zero-order valence-electron chi connectivity index (χ0n) is 23.2. The van der Waals surface area contributed by atoms with Gasteiger partial charge in [0.15, 0.2) is 17.2 Å². The highest BCUT2D eigenvalue weighted by atomic mass is 35.5. The molecule has 0 saturated carbocycles. The van der Waals surface area contributed by atoms with E-state index in [1.807, 2.05) is 19.9 Å². The monoisotopic (exact) mass is 560 g/mol. The van der Waals surface area contributed by atoms with Gasteiger partial charge in [-0.2, -0.15) is 0 Å². The van der Waals surface area contributed by atoms with Crippen LogP contribution in [0.2, 0.25) is 5.02 Å². The van der Waals surface area contributed by atoms with Gasteiger partial charge in [-0.15, -0.1) is 0 Å². The topological polar surface area (TPSA) is 113 Å². The largest absolute Gasteiger partial charge is 0.496 e. The van der Waals surface area contributed by atoms with Crippen LogP contribution in [-0.2, 0) is 22.6 Å². The minimum Gasteiger partial charge on any atom is -0.496 e. The molecule has 2 aromatic carbocycles. The summed E-state index contributed by atoms with van der Waals surface area (Å²) in [6, 6.07) is 2.76. The molecule has 1 aliphatic heterocycles. The van der Waals surface area contributed by atoms with Crippen molar-refractivity contribution in [1.29, 1.82) is 0 Å². The zero-order valence-corrected chi connectivity index (χ0v) is 23.9. The van der Waals surface area contributed by atoms with E-state index < -0.39 is 11.9 Å². The Morgan fingerprint density at radius 2 is 1.74 bits per heavy atom. The van der Waals surface area contributed by atoms with Crippen LogP contribution < -0.4 is 24.3 Å². The summed E-state index contributed by atoms with van der Waals surface area (Å²) in [6.45, 7) is 3.85. The standard InChI is InChI=1S/C28H33ClN2O8/c1-15(9-13-21(32)39-19-11-12-20(35-5)26(37-7)23(19)29)8-10-17-24(30-28(34)31(3)4)22-18(14-38-27(22)33)16(2)25(17)36-6/h8,11-12H,9-10,13-14H2,1-7H3,(H,30,34)/b15-8+. The molecule has 0 saturated heterocycles. The molecule has 210 valence electrons. The Bertz CT molecular complexity index is 1320. The first kappa shape index (κ1) is 29.6. The Balaban J connectivity index is 1.80. The van der Waals surface area contributed by atoms with Crippen LogP contribution in [0.1, 0.15) is 46.8 Å². The predicted octanol–water partition coefficient (Wildman–Crippen LogP) is 5.31. The minimum atomic E-state index is -0.497. The maximum absolute atomic E-state index is 12.6. The fourth-order valence-corrected chi connectivity index (χ4v) is 4.48. The molecule has 39 heavy (non-hydrogen) atoms. The number of fused-ring (bicyclic) bond motifs is 1. The van der Waals surface area contributed by atoms with Crippen molar-refractivity contribution < 1.29 is 38.1 Å². The maximum atomic E-state index is 12.6. The first-order valence-electron chi connectivity index (χ1n) is 12.2. The zero-order chi connectivity index (χ0) is 28.9. The van der Waals surface area contributed by atoms with Crippen LogP contribution in [0.25, 0.3) is 0 Å². The fraction of sp³-hybridized carbons (Fsp3) is 0.393. The van der Waals surface area contributed by atoms with Gasteiger partial charge in [-0.25, -0.2) is 9.59 Å². The molecule has 0 fully saturated rings. The lowest BCUT2D eigenvalue weighted by molar-refractivity contribution is -0.134. The smallest absolute Gasteiger partial charge is 0.341 e. The molecule has 3 rings (SSSR count). The molecule has 2 amide bonds. The second-order valence-corrected chi connectivity index (χ2v) is 9.49. The highest BCUT2D eigenvalue weighted by Gasteiger charge is 2.33. The predicted molar refractivity (Wildman–Crippen MR) is 146 cm³/mol. The molecular weight excluding hydrogens is 528 g/mol. The van der Waals surface area contributed by atoms with Gasteiger partial charge in [-0.3, -0.25) is 4.79 Å². The van der Waals surface area contributed by atoms with Crippen molar-refractivity contribution in [2.24, 2.45) is 0 Å². The van der Waals surface area contributed by atoms with Crippen molar-refractivity contribution in [3.8, 4) is 23.0 Å². The minimum absolute atomic E-state index is 0.101. The van der Waals surface area contributed by atoms with E-state index in [4.69, 9.17) is 35.3 Å². The van der Waals surface area contributed by atoms with Gasteiger partial charge in [-0.05, 0) is 44.4 Å². The molecular formula is C28H33ClN2O8. The number of allylic oxidation sites excluding steroid dienone is 2. The Morgan fingerprint density at radius 1 is 1.08 bits per heavy atom. The molecule has 0 aromatic heterocycles. The lowest BCUT2D eigenvalue weighted by atomic mass is 9.93. The van der Waals surface area contributed by atoms with Crippen molar-refractivity contribution in [1.82, 2.24) is 4.90 Å². The molecule has 0 aliphatic carbocycles. The number of nitrogens with zero attached hydrogens (tertiary/aromatic N) is 1. The van der Waals surface area contributed by atoms with E-state index in [2.05, 4.69) is 5.32 Å². The Kier molecular flexibility index (Phi) is 9.69. The summed E-state index contributed by atoms with van der Waals surface area (Å²) in [7, 11) is 7.69. The van der Waals surface area contributed by atoms with Crippen molar-refractivity contribution in [2.75, 3.05) is 40.7 Å². The Labute approximate surface area is 232 Å². The lowest BCUT2D eigenvalue weighted by Gasteiger charge is -2.21. The normalized spacial score (nSPS) is 12.4. The van der Waals surface area contributed by atoms with Crippen molar-refractivity contribution in [3.63, 3.8) is 0 Å². The molecule has 0 atom stereocenters. The fourth-order valence-electron chi connectivity index (χ4n) is 4.21. The number of methoxy groups -OCH3 is 3. The van der Waals surface area contributed by atoms with Crippen LogP contribution in [0.3, 0.4) is 0 Å². The lowest BCUT2D eigenvalue weighted by Crippen LogP contribution is -2.29. The average Bonchev–Trinajstić information content (AvgIpc) is 3.30. The number of esters is 2. The summed E-state index contributed by atoms with van der Waals surface area (Å²) in [4.78, 5) is 39.1. The number of rotatable bonds is 10. The van der Waals surface area contributed by atoms with Crippen molar-refractivity contribution in [2.45, 2.75) is 39.7 Å². The SMILES string of the molecule is COc1ccc(OC(=O)CC/C(C)=C/Cc2c(NC(=O)N(C)C)c3c(c(C)c2OC)COC3=O)c(Cl)c1OC. The third-order valence-corrected chi connectivity index (χ3v) is 6.72. The van der Waals surface area contributed by atoms with Crippen LogP contribution in [0.15, 0.2) is 23.8 Å². The van der Waals surface area contributed by atoms with Crippen molar-refractivity contribution >= 4 is 35.3 Å². The van der Waals surface area contributed by atoms with E-state index in [-0.39, 0.29) is 35.6 Å². The highest BCUT2D eigenvalue weighted by Crippen LogP contribution is 2.42. The Morgan fingerprint density at radius 3 is 2.36 bits per heavy atom. The molecule has 1 N–H and O–H groups in total. The number of anilines is 1. The van der Waals surface area contributed by atoms with Gasteiger partial charge in [-0.1, -0.05) is 23.3 Å². The van der Waals surface area contributed by atoms with Crippen LogP contribution in [-0.4, -0.2) is 58.3 Å². The van der Waals surface area contributed by atoms with Gasteiger partial charge in [0.05, 0.1) is 32.6 Å². The summed E-state index contributed by atoms with van der Waals surface area (Å²) in [5, 5.41) is 2.98. The third kappa shape index (κ3) is 6.39. The summed E-state index contributed by atoms with van der Waals surface area (Å²) < 4.78 is 26.8. The molecule has 0 unspecified atom stereocenters. The molecule has 2 aromatic rings. The Hall–Kier alpha value is -3.92. The summed E-state index contributed by atoms with van der Waals surface area (Å²) in [5.41, 5.74) is 3.70. The number of cyclic esters (lactones) is 1. The van der Waals surface area contributed by atoms with E-state index >= 15 is 0 Å². The van der Waals surface area contributed by atoms with Gasteiger partial charge in [0.1, 0.15) is 17.4 Å². The first-order chi connectivity index (χ1) is 18.5. The number of hydrogen-bond donors (Lipinski definition) is 1. The van der Waals surface area contributed by atoms with E-state index in [0.29, 0.717) is 46.7 Å². The van der Waals surface area contributed by atoms with Crippen LogP contribution in [0.5, 0.6) is 23.0 Å². The van der Waals surface area contributed by atoms with E-state index in [1.54, 1.807) is 33.3 Å². The number of halogens is 1. The average molecular weight is 561 g/mol. The number of ether oxygens (including phenoxy) is 5. The molecule has 0 radical (unpaired) electrons. The quantitative estimate of drug-likeness (QED) is 0.236. The maximum Gasteiger partial charge on any atom is 0.341 e. The number of hydrogen-bond acceptors (Lipinski definition) is 8. The number of benzene rings is 2. The third-order valence-electron chi connectivity index (χ3n) is 6.37. The molecule has 0 spiro atoms.